The van der Waals surface area contributed by atoms with Crippen molar-refractivity contribution in [1.82, 2.24) is 0 Å². The van der Waals surface area contributed by atoms with Crippen LogP contribution in [-0.2, 0) is 0 Å². The van der Waals surface area contributed by atoms with Crippen molar-refractivity contribution in [3.63, 3.8) is 0 Å². The van der Waals surface area contributed by atoms with Crippen LogP contribution in [0.1, 0.15) is 54.9 Å². The van der Waals surface area contributed by atoms with E-state index in [-0.39, 0.29) is 11.5 Å². The number of ether oxygens (including phenoxy) is 1. The molecule has 1 aliphatic carbocycles. The first-order valence-corrected chi connectivity index (χ1v) is 9.76. The van der Waals surface area contributed by atoms with Crippen LogP contribution < -0.4 is 10.5 Å². The second-order valence-corrected chi connectivity index (χ2v) is 6.88. The second-order valence-electron chi connectivity index (χ2n) is 6.88. The number of aromatic hydroxyl groups is 1. The lowest BCUT2D eigenvalue weighted by Gasteiger charge is -2.16. The van der Waals surface area contributed by atoms with Crippen LogP contribution in [0.3, 0.4) is 0 Å². The number of anilines is 1. The number of hydrogen-bond acceptors (Lipinski definition) is 5. The molecule has 5 heteroatoms. The molecular formula is C23H26N2O3. The van der Waals surface area contributed by atoms with Gasteiger partial charge in [-0.3, -0.25) is 4.79 Å². The van der Waals surface area contributed by atoms with Gasteiger partial charge >= 0.3 is 0 Å². The number of carbonyl (C=O) groups is 1. The van der Waals surface area contributed by atoms with Gasteiger partial charge in [0, 0.05) is 5.69 Å². The minimum absolute atomic E-state index is 0.0105. The average Bonchev–Trinajstić information content (AvgIpc) is 2.70. The molecule has 1 aliphatic rings. The van der Waals surface area contributed by atoms with E-state index in [1.54, 1.807) is 6.08 Å². The zero-order valence-corrected chi connectivity index (χ0v) is 16.1. The van der Waals surface area contributed by atoms with E-state index in [9.17, 15) is 9.90 Å². The highest BCUT2D eigenvalue weighted by Gasteiger charge is 2.23. The van der Waals surface area contributed by atoms with Gasteiger partial charge in [0.15, 0.2) is 5.78 Å². The summed E-state index contributed by atoms with van der Waals surface area (Å²) in [6, 6.07) is 10.5. The maximum absolute atomic E-state index is 12.1. The summed E-state index contributed by atoms with van der Waals surface area (Å²) >= 11 is 0. The SMILES string of the molecule is CCCCCCCOc1ccc(N=C2C=CC(=O)c3c(N)ccc(O)c32)cc1. The fraction of sp³-hybridized carbons (Fsp3) is 0.304. The van der Waals surface area contributed by atoms with Crippen LogP contribution in [0.15, 0.2) is 53.5 Å². The number of benzene rings is 2. The van der Waals surface area contributed by atoms with Crippen LogP contribution in [0.2, 0.25) is 0 Å². The van der Waals surface area contributed by atoms with Crippen LogP contribution >= 0.6 is 0 Å². The van der Waals surface area contributed by atoms with E-state index in [4.69, 9.17) is 10.5 Å². The van der Waals surface area contributed by atoms with Gasteiger partial charge in [0.2, 0.25) is 0 Å². The van der Waals surface area contributed by atoms with Crippen molar-refractivity contribution in [3.05, 3.63) is 59.7 Å². The van der Waals surface area contributed by atoms with Gasteiger partial charge < -0.3 is 15.6 Å². The van der Waals surface area contributed by atoms with E-state index in [2.05, 4.69) is 11.9 Å². The molecule has 3 rings (SSSR count). The molecule has 2 aromatic carbocycles. The first-order chi connectivity index (χ1) is 13.6. The number of hydrogen-bond donors (Lipinski definition) is 2. The highest BCUT2D eigenvalue weighted by molar-refractivity contribution is 6.27. The number of unbranched alkanes of at least 4 members (excludes halogenated alkanes) is 4. The fourth-order valence-corrected chi connectivity index (χ4v) is 3.20. The number of ketones is 1. The Labute approximate surface area is 165 Å². The Balaban J connectivity index is 1.70. The minimum atomic E-state index is -0.231. The molecule has 0 atom stereocenters. The van der Waals surface area contributed by atoms with Crippen LogP contribution in [-0.4, -0.2) is 23.2 Å². The van der Waals surface area contributed by atoms with Gasteiger partial charge in [-0.25, -0.2) is 4.99 Å². The molecule has 0 saturated carbocycles. The van der Waals surface area contributed by atoms with Crippen molar-refractivity contribution in [2.24, 2.45) is 4.99 Å². The molecule has 3 N–H and O–H groups in total. The smallest absolute Gasteiger partial charge is 0.188 e. The van der Waals surface area contributed by atoms with E-state index in [0.717, 1.165) is 12.2 Å². The summed E-state index contributed by atoms with van der Waals surface area (Å²) in [4.78, 5) is 16.7. The number of phenolic OH excluding ortho intramolecular Hbond substituents is 1. The summed E-state index contributed by atoms with van der Waals surface area (Å²) < 4.78 is 5.77. The number of fused-ring (bicyclic) bond motifs is 1. The molecule has 0 heterocycles. The third-order valence-electron chi connectivity index (χ3n) is 4.71. The normalized spacial score (nSPS) is 14.3. The van der Waals surface area contributed by atoms with Crippen LogP contribution in [0.5, 0.6) is 11.5 Å². The lowest BCUT2D eigenvalue weighted by Crippen LogP contribution is -2.15. The summed E-state index contributed by atoms with van der Waals surface area (Å²) in [5, 5.41) is 10.2. The van der Waals surface area contributed by atoms with Gasteiger partial charge in [0.05, 0.1) is 29.1 Å². The van der Waals surface area contributed by atoms with E-state index < -0.39 is 0 Å². The Hall–Kier alpha value is -3.08. The Morgan fingerprint density at radius 1 is 0.964 bits per heavy atom. The molecule has 5 nitrogen and oxygen atoms in total. The fourth-order valence-electron chi connectivity index (χ4n) is 3.20. The summed E-state index contributed by atoms with van der Waals surface area (Å²) in [5.41, 5.74) is 8.13. The molecule has 0 aliphatic heterocycles. The first-order valence-electron chi connectivity index (χ1n) is 9.76. The van der Waals surface area contributed by atoms with Gasteiger partial charge in [-0.2, -0.15) is 0 Å². The van der Waals surface area contributed by atoms with Crippen molar-refractivity contribution in [1.29, 1.82) is 0 Å². The zero-order chi connectivity index (χ0) is 19.9. The topological polar surface area (TPSA) is 84.9 Å². The predicted molar refractivity (Wildman–Crippen MR) is 113 cm³/mol. The maximum Gasteiger partial charge on any atom is 0.188 e. The molecule has 2 aromatic rings. The molecular weight excluding hydrogens is 352 g/mol. The Morgan fingerprint density at radius 3 is 2.46 bits per heavy atom. The molecule has 0 fully saturated rings. The van der Waals surface area contributed by atoms with Crippen molar-refractivity contribution < 1.29 is 14.6 Å². The van der Waals surface area contributed by atoms with Gasteiger partial charge in [-0.1, -0.05) is 32.6 Å². The van der Waals surface area contributed by atoms with E-state index in [0.29, 0.717) is 34.8 Å². The number of allylic oxidation sites excluding steroid dienone is 2. The highest BCUT2D eigenvalue weighted by atomic mass is 16.5. The average molecular weight is 378 g/mol. The van der Waals surface area contributed by atoms with Crippen molar-refractivity contribution >= 4 is 22.9 Å². The molecule has 0 radical (unpaired) electrons. The van der Waals surface area contributed by atoms with Gasteiger partial charge in [0.1, 0.15) is 11.5 Å². The number of nitrogens with two attached hydrogens (primary N) is 1. The van der Waals surface area contributed by atoms with Gasteiger partial charge in [0.25, 0.3) is 0 Å². The lowest BCUT2D eigenvalue weighted by atomic mass is 9.92. The van der Waals surface area contributed by atoms with Crippen LogP contribution in [0, 0.1) is 0 Å². The monoisotopic (exact) mass is 378 g/mol. The molecule has 28 heavy (non-hydrogen) atoms. The molecule has 0 bridgehead atoms. The summed E-state index contributed by atoms with van der Waals surface area (Å²) in [6.45, 7) is 2.92. The summed E-state index contributed by atoms with van der Waals surface area (Å²) in [7, 11) is 0. The first kappa shape index (κ1) is 19.7. The predicted octanol–water partition coefficient (Wildman–Crippen LogP) is 5.20. The largest absolute Gasteiger partial charge is 0.507 e. The lowest BCUT2D eigenvalue weighted by molar-refractivity contribution is 0.104. The number of aliphatic imine (C=N–C) groups is 1. The number of phenols is 1. The minimum Gasteiger partial charge on any atom is -0.507 e. The number of rotatable bonds is 8. The quantitative estimate of drug-likeness (QED) is 0.376. The molecule has 0 spiro atoms. The van der Waals surface area contributed by atoms with E-state index in [1.165, 1.54) is 43.9 Å². The van der Waals surface area contributed by atoms with Gasteiger partial charge in [-0.15, -0.1) is 0 Å². The molecule has 0 saturated heterocycles. The van der Waals surface area contributed by atoms with Gasteiger partial charge in [-0.05, 0) is 55.0 Å². The highest BCUT2D eigenvalue weighted by Crippen LogP contribution is 2.32. The maximum atomic E-state index is 12.1. The second kappa shape index (κ2) is 9.22. The number of nitrogens with zero attached hydrogens (tertiary/aromatic N) is 1. The van der Waals surface area contributed by atoms with Crippen LogP contribution in [0.4, 0.5) is 11.4 Å². The molecule has 0 aromatic heterocycles. The van der Waals surface area contributed by atoms with E-state index in [1.807, 2.05) is 24.3 Å². The summed E-state index contributed by atoms with van der Waals surface area (Å²) in [5.74, 6) is 0.565. The summed E-state index contributed by atoms with van der Waals surface area (Å²) in [6.07, 6.45) is 9.04. The van der Waals surface area contributed by atoms with E-state index >= 15 is 0 Å². The van der Waals surface area contributed by atoms with Crippen LogP contribution in [0.25, 0.3) is 0 Å². The molecule has 0 amide bonds. The Bertz CT molecular complexity index is 899. The third kappa shape index (κ3) is 4.60. The Morgan fingerprint density at radius 2 is 1.71 bits per heavy atom. The molecule has 0 unspecified atom stereocenters. The van der Waals surface area contributed by atoms with Crippen molar-refractivity contribution in [2.75, 3.05) is 12.3 Å². The van der Waals surface area contributed by atoms with Crippen molar-refractivity contribution in [2.45, 2.75) is 39.0 Å². The standard InChI is InChI=1S/C23H26N2O3/c1-2-3-4-5-6-15-28-17-9-7-16(8-10-17)25-19-12-14-20(26)22-18(24)11-13-21(27)23(19)22/h7-14,27H,2-6,15,24H2,1H3. The number of nitrogen functional groups attached to an aromatic ring is 1. The Kier molecular flexibility index (Phi) is 6.48. The third-order valence-corrected chi connectivity index (χ3v) is 4.71. The zero-order valence-electron chi connectivity index (χ0n) is 16.1. The molecule has 146 valence electrons. The van der Waals surface area contributed by atoms with Crippen molar-refractivity contribution in [3.8, 4) is 11.5 Å². The number of carbonyl (C=O) groups excluding carboxylic acids is 1.